The van der Waals surface area contributed by atoms with E-state index in [2.05, 4.69) is 15.4 Å². The number of carbonyl (C=O) groups excluding carboxylic acids is 1. The van der Waals surface area contributed by atoms with Crippen LogP contribution in [0, 0.1) is 0 Å². The molecule has 15 heteroatoms. The molecule has 3 aromatic rings. The molecular formula is C26H32N6O8S. The Hall–Kier alpha value is -3.79. The van der Waals surface area contributed by atoms with E-state index in [1.165, 1.54) is 16.9 Å². The van der Waals surface area contributed by atoms with E-state index in [-0.39, 0.29) is 24.5 Å². The first-order valence-electron chi connectivity index (χ1n) is 13.2. The van der Waals surface area contributed by atoms with E-state index in [1.807, 2.05) is 11.0 Å². The van der Waals surface area contributed by atoms with Gasteiger partial charge in [0.1, 0.15) is 5.75 Å². The molecule has 2 N–H and O–H groups in total. The summed E-state index contributed by atoms with van der Waals surface area (Å²) in [6.45, 7) is 2.89. The fraction of sp³-hybridized carbons (Fsp3) is 0.462. The number of hydrogen-bond donors (Lipinski definition) is 2. The fourth-order valence-electron chi connectivity index (χ4n) is 4.90. The van der Waals surface area contributed by atoms with E-state index in [9.17, 15) is 18.4 Å². The molecule has 5 rings (SSSR count). The molecular weight excluding hydrogens is 556 g/mol. The predicted molar refractivity (Wildman–Crippen MR) is 143 cm³/mol. The number of fused-ring (bicyclic) bond motifs is 1. The highest BCUT2D eigenvalue weighted by Crippen LogP contribution is 2.37. The quantitative estimate of drug-likeness (QED) is 0.177. The second-order valence-corrected chi connectivity index (χ2v) is 12.0. The maximum absolute atomic E-state index is 13.6. The van der Waals surface area contributed by atoms with Crippen molar-refractivity contribution >= 4 is 15.7 Å². The summed E-state index contributed by atoms with van der Waals surface area (Å²) in [7, 11) is -2.51. The van der Waals surface area contributed by atoms with Crippen LogP contribution in [0.25, 0.3) is 11.4 Å². The zero-order chi connectivity index (χ0) is 28.9. The van der Waals surface area contributed by atoms with E-state index < -0.39 is 20.5 Å². The second-order valence-electron chi connectivity index (χ2n) is 9.72. The highest BCUT2D eigenvalue weighted by atomic mass is 32.2. The van der Waals surface area contributed by atoms with Crippen molar-refractivity contribution in [3.63, 3.8) is 0 Å². The number of sulfone groups is 1. The van der Waals surface area contributed by atoms with Crippen LogP contribution >= 0.6 is 0 Å². The minimum atomic E-state index is -4.11. The summed E-state index contributed by atoms with van der Waals surface area (Å²) in [5.41, 5.74) is 2.34. The number of rotatable bonds is 12. The Kier molecular flexibility index (Phi) is 8.68. The number of hydroxylamine groups is 1. The minimum absolute atomic E-state index is 0.0124. The molecule has 1 aromatic heterocycles. The molecule has 3 heterocycles. The summed E-state index contributed by atoms with van der Waals surface area (Å²) in [6.07, 6.45) is 0.684. The number of ether oxygens (including phenoxy) is 4. The largest absolute Gasteiger partial charge is 0.494 e. The molecule has 14 nitrogen and oxygen atoms in total. The second kappa shape index (κ2) is 12.4. The first-order valence-corrected chi connectivity index (χ1v) is 14.7. The molecule has 1 saturated heterocycles. The monoisotopic (exact) mass is 588 g/mol. The van der Waals surface area contributed by atoms with Crippen molar-refractivity contribution in [2.24, 2.45) is 0 Å². The van der Waals surface area contributed by atoms with Crippen molar-refractivity contribution < 1.29 is 37.4 Å². The van der Waals surface area contributed by atoms with E-state index in [0.29, 0.717) is 68.9 Å². The van der Waals surface area contributed by atoms with Gasteiger partial charge in [-0.05, 0) is 60.5 Å². The van der Waals surface area contributed by atoms with Crippen LogP contribution in [0.5, 0.6) is 17.2 Å². The number of methoxy groups -OCH3 is 1. The Bertz CT molecular complexity index is 1450. The number of benzene rings is 2. The summed E-state index contributed by atoms with van der Waals surface area (Å²) in [6, 6.07) is 11.4. The number of aryl methyl sites for hydroxylation is 1. The van der Waals surface area contributed by atoms with Gasteiger partial charge in [0.2, 0.25) is 12.6 Å². The maximum Gasteiger partial charge on any atom is 0.265 e. The van der Waals surface area contributed by atoms with Crippen LogP contribution in [0.1, 0.15) is 19.3 Å². The van der Waals surface area contributed by atoms with Gasteiger partial charge in [0.25, 0.3) is 5.91 Å². The standard InChI is InChI=1S/C26H32N6O8S/c1-37-16-14-31-12-9-26(10-13-31,25(33)29-34)41(35,36)21-6-4-20(5-7-21)38-15-2-11-32-28-24(27-30-32)19-3-8-22-23(17-19)40-18-39-22/h3-8,17,34H,2,9-16,18H2,1H3,(H,29,33). The van der Waals surface area contributed by atoms with Crippen LogP contribution in [0.2, 0.25) is 0 Å². The van der Waals surface area contributed by atoms with Crippen molar-refractivity contribution in [3.8, 4) is 28.6 Å². The van der Waals surface area contributed by atoms with Crippen LogP contribution in [-0.2, 0) is 25.9 Å². The average molecular weight is 589 g/mol. The lowest BCUT2D eigenvalue weighted by Gasteiger charge is -2.39. The summed E-state index contributed by atoms with van der Waals surface area (Å²) in [5.74, 6) is 1.34. The highest BCUT2D eigenvalue weighted by molar-refractivity contribution is 7.93. The summed E-state index contributed by atoms with van der Waals surface area (Å²) >= 11 is 0. The molecule has 0 bridgehead atoms. The van der Waals surface area contributed by atoms with Gasteiger partial charge in [-0.15, -0.1) is 10.2 Å². The van der Waals surface area contributed by atoms with E-state index in [0.717, 1.165) is 5.56 Å². The van der Waals surface area contributed by atoms with Crippen LogP contribution in [-0.4, -0.2) is 96.1 Å². The SMILES string of the molecule is COCCN1CCC(C(=O)NO)(S(=O)(=O)c2ccc(OCCCn3nnc(-c4ccc5c(c4)OCO5)n3)cc2)CC1. The number of tetrazole rings is 1. The van der Waals surface area contributed by atoms with Crippen molar-refractivity contribution in [1.82, 2.24) is 30.6 Å². The minimum Gasteiger partial charge on any atom is -0.494 e. The number of aromatic nitrogens is 4. The Morgan fingerprint density at radius 3 is 2.56 bits per heavy atom. The van der Waals surface area contributed by atoms with Gasteiger partial charge >= 0.3 is 0 Å². The Balaban J connectivity index is 1.15. The number of carbonyl (C=O) groups is 1. The summed E-state index contributed by atoms with van der Waals surface area (Å²) < 4.78 is 47.1. The topological polar surface area (TPSA) is 167 Å². The van der Waals surface area contributed by atoms with Crippen molar-refractivity contribution in [2.75, 3.05) is 46.8 Å². The van der Waals surface area contributed by atoms with Crippen molar-refractivity contribution in [2.45, 2.75) is 35.4 Å². The molecule has 1 fully saturated rings. The average Bonchev–Trinajstić information content (AvgIpc) is 3.68. The molecule has 2 aliphatic rings. The lowest BCUT2D eigenvalue weighted by molar-refractivity contribution is -0.133. The number of hydrogen-bond acceptors (Lipinski definition) is 12. The van der Waals surface area contributed by atoms with Crippen LogP contribution in [0.4, 0.5) is 0 Å². The zero-order valence-electron chi connectivity index (χ0n) is 22.6. The number of nitrogens with one attached hydrogen (secondary N) is 1. The van der Waals surface area contributed by atoms with Gasteiger partial charge in [-0.3, -0.25) is 10.0 Å². The maximum atomic E-state index is 13.6. The Morgan fingerprint density at radius 1 is 1.07 bits per heavy atom. The lowest BCUT2D eigenvalue weighted by Crippen LogP contribution is -2.57. The third-order valence-electron chi connectivity index (χ3n) is 7.29. The van der Waals surface area contributed by atoms with Gasteiger partial charge in [-0.1, -0.05) is 0 Å². The molecule has 1 amide bonds. The summed E-state index contributed by atoms with van der Waals surface area (Å²) in [4.78, 5) is 16.2. The van der Waals surface area contributed by atoms with Crippen LogP contribution in [0.3, 0.4) is 0 Å². The Morgan fingerprint density at radius 2 is 1.83 bits per heavy atom. The number of likely N-dealkylation sites (tertiary alicyclic amines) is 1. The zero-order valence-corrected chi connectivity index (χ0v) is 23.4. The van der Waals surface area contributed by atoms with E-state index in [4.69, 9.17) is 18.9 Å². The van der Waals surface area contributed by atoms with Gasteiger partial charge in [-0.25, -0.2) is 13.9 Å². The van der Waals surface area contributed by atoms with Crippen molar-refractivity contribution in [3.05, 3.63) is 42.5 Å². The molecule has 0 spiro atoms. The lowest BCUT2D eigenvalue weighted by atomic mass is 9.95. The molecule has 0 radical (unpaired) electrons. The van der Waals surface area contributed by atoms with E-state index in [1.54, 1.807) is 36.9 Å². The summed E-state index contributed by atoms with van der Waals surface area (Å²) in [5, 5.41) is 21.9. The number of amides is 1. The number of nitrogens with zero attached hydrogens (tertiary/aromatic N) is 5. The predicted octanol–water partition coefficient (Wildman–Crippen LogP) is 1.30. The third-order valence-corrected chi connectivity index (χ3v) is 9.81. The van der Waals surface area contributed by atoms with Crippen LogP contribution < -0.4 is 19.7 Å². The molecule has 0 atom stereocenters. The highest BCUT2D eigenvalue weighted by Gasteiger charge is 2.52. The van der Waals surface area contributed by atoms with Crippen molar-refractivity contribution in [1.29, 1.82) is 0 Å². The first kappa shape index (κ1) is 28.7. The first-order chi connectivity index (χ1) is 19.9. The van der Waals surface area contributed by atoms with E-state index >= 15 is 0 Å². The van der Waals surface area contributed by atoms with Crippen LogP contribution in [0.15, 0.2) is 47.4 Å². The van der Waals surface area contributed by atoms with Gasteiger partial charge in [-0.2, -0.15) is 4.80 Å². The normalized spacial score (nSPS) is 16.4. The van der Waals surface area contributed by atoms with Gasteiger partial charge in [0, 0.05) is 38.7 Å². The van der Waals surface area contributed by atoms with Gasteiger partial charge in [0.05, 0.1) is 24.7 Å². The number of piperidine rings is 1. The smallest absolute Gasteiger partial charge is 0.265 e. The third kappa shape index (κ3) is 5.98. The molecule has 2 aromatic carbocycles. The fourth-order valence-corrected chi connectivity index (χ4v) is 6.86. The molecule has 41 heavy (non-hydrogen) atoms. The molecule has 220 valence electrons. The van der Waals surface area contributed by atoms with Gasteiger partial charge < -0.3 is 23.8 Å². The van der Waals surface area contributed by atoms with Gasteiger partial charge in [0.15, 0.2) is 26.1 Å². The molecule has 2 aliphatic heterocycles. The Labute approximate surface area is 237 Å². The molecule has 0 aliphatic carbocycles. The molecule has 0 unspecified atom stereocenters. The molecule has 0 saturated carbocycles.